The van der Waals surface area contributed by atoms with Gasteiger partial charge in [-0.15, -0.1) is 0 Å². The van der Waals surface area contributed by atoms with Crippen molar-refractivity contribution in [2.75, 3.05) is 18.8 Å². The van der Waals surface area contributed by atoms with E-state index in [4.69, 9.17) is 0 Å². The molecular formula is C12H17BFNO2S. The lowest BCUT2D eigenvalue weighted by atomic mass is 9.77. The molecule has 0 amide bonds. The van der Waals surface area contributed by atoms with Gasteiger partial charge in [0.1, 0.15) is 5.82 Å². The number of benzene rings is 1. The second kappa shape index (κ2) is 6.06. The van der Waals surface area contributed by atoms with Gasteiger partial charge in [-0.05, 0) is 23.2 Å². The lowest BCUT2D eigenvalue weighted by Crippen LogP contribution is -2.40. The average Bonchev–Trinajstić information content (AvgIpc) is 2.31. The minimum absolute atomic E-state index is 0.265. The maximum atomic E-state index is 13.1. The first-order chi connectivity index (χ1) is 8.56. The van der Waals surface area contributed by atoms with E-state index in [1.807, 2.05) is 11.8 Å². The quantitative estimate of drug-likeness (QED) is 0.782. The smallest absolute Gasteiger partial charge is 0.423 e. The Kier molecular flexibility index (Phi) is 4.67. The summed E-state index contributed by atoms with van der Waals surface area (Å²) in [5.74, 6) is 0.642. The van der Waals surface area contributed by atoms with Gasteiger partial charge in [-0.3, -0.25) is 4.90 Å². The van der Waals surface area contributed by atoms with Crippen molar-refractivity contribution in [2.45, 2.75) is 18.7 Å². The number of rotatable bonds is 3. The van der Waals surface area contributed by atoms with Crippen LogP contribution in [0.1, 0.15) is 12.5 Å². The van der Waals surface area contributed by atoms with Crippen molar-refractivity contribution >= 4 is 24.3 Å². The average molecular weight is 269 g/mol. The highest BCUT2D eigenvalue weighted by Gasteiger charge is 2.21. The summed E-state index contributed by atoms with van der Waals surface area (Å²) in [5.41, 5.74) is 1.05. The highest BCUT2D eigenvalue weighted by Crippen LogP contribution is 2.19. The fraction of sp³-hybridized carbons (Fsp3) is 0.500. The Morgan fingerprint density at radius 2 is 2.28 bits per heavy atom. The molecule has 1 saturated heterocycles. The number of hydrogen-bond acceptors (Lipinski definition) is 4. The third-order valence-electron chi connectivity index (χ3n) is 3.11. The molecular weight excluding hydrogens is 252 g/mol. The van der Waals surface area contributed by atoms with Gasteiger partial charge in [0, 0.05) is 30.6 Å². The van der Waals surface area contributed by atoms with Crippen LogP contribution < -0.4 is 5.46 Å². The maximum absolute atomic E-state index is 13.1. The maximum Gasteiger partial charge on any atom is 0.488 e. The molecule has 0 bridgehead atoms. The molecule has 1 heterocycles. The van der Waals surface area contributed by atoms with E-state index in [-0.39, 0.29) is 5.46 Å². The van der Waals surface area contributed by atoms with Gasteiger partial charge in [0.05, 0.1) is 0 Å². The summed E-state index contributed by atoms with van der Waals surface area (Å²) in [4.78, 5) is 2.26. The summed E-state index contributed by atoms with van der Waals surface area (Å²) < 4.78 is 13.1. The van der Waals surface area contributed by atoms with Gasteiger partial charge in [0.2, 0.25) is 0 Å². The van der Waals surface area contributed by atoms with Crippen LogP contribution in [-0.2, 0) is 6.54 Å². The van der Waals surface area contributed by atoms with E-state index in [1.165, 1.54) is 12.1 Å². The van der Waals surface area contributed by atoms with Crippen molar-refractivity contribution < 1.29 is 14.4 Å². The van der Waals surface area contributed by atoms with Gasteiger partial charge in [-0.2, -0.15) is 11.8 Å². The van der Waals surface area contributed by atoms with E-state index in [0.29, 0.717) is 11.8 Å². The van der Waals surface area contributed by atoms with Gasteiger partial charge in [-0.1, -0.05) is 13.0 Å². The Bertz CT molecular complexity index is 419. The predicted molar refractivity (Wildman–Crippen MR) is 73.4 cm³/mol. The number of nitrogens with zero attached hydrogens (tertiary/aromatic N) is 1. The Morgan fingerprint density at radius 3 is 2.94 bits per heavy atom. The second-order valence-corrected chi connectivity index (χ2v) is 6.18. The standard InChI is InChI=1S/C12H17BFNO2S/c1-9-7-15(4-5-18-9)8-10-2-3-11(14)6-12(10)13(16)17/h2-3,6,9,16-17H,4-5,7-8H2,1H3. The van der Waals surface area contributed by atoms with Crippen LogP contribution in [0.2, 0.25) is 0 Å². The summed E-state index contributed by atoms with van der Waals surface area (Å²) in [6.45, 7) is 4.78. The Hall–Kier alpha value is -0.555. The largest absolute Gasteiger partial charge is 0.488 e. The van der Waals surface area contributed by atoms with Crippen molar-refractivity contribution in [1.29, 1.82) is 0 Å². The monoisotopic (exact) mass is 269 g/mol. The molecule has 1 atom stereocenters. The molecule has 1 unspecified atom stereocenters. The topological polar surface area (TPSA) is 43.7 Å². The molecule has 6 heteroatoms. The van der Waals surface area contributed by atoms with E-state index >= 15 is 0 Å². The van der Waals surface area contributed by atoms with Crippen LogP contribution in [0, 0.1) is 5.82 Å². The molecule has 1 aromatic carbocycles. The van der Waals surface area contributed by atoms with E-state index in [1.54, 1.807) is 6.07 Å². The van der Waals surface area contributed by atoms with Crippen LogP contribution in [0.3, 0.4) is 0 Å². The Balaban J connectivity index is 2.12. The molecule has 0 aromatic heterocycles. The second-order valence-electron chi connectivity index (χ2n) is 4.63. The zero-order valence-corrected chi connectivity index (χ0v) is 11.2. The lowest BCUT2D eigenvalue weighted by molar-refractivity contribution is 0.278. The van der Waals surface area contributed by atoms with Gasteiger partial charge in [0.15, 0.2) is 0 Å². The van der Waals surface area contributed by atoms with E-state index in [0.717, 1.165) is 24.4 Å². The summed E-state index contributed by atoms with van der Waals surface area (Å²) >= 11 is 1.94. The fourth-order valence-electron chi connectivity index (χ4n) is 2.23. The van der Waals surface area contributed by atoms with Gasteiger partial charge in [0.25, 0.3) is 0 Å². The zero-order valence-electron chi connectivity index (χ0n) is 10.3. The molecule has 2 N–H and O–H groups in total. The van der Waals surface area contributed by atoms with E-state index in [2.05, 4.69) is 11.8 Å². The number of thioether (sulfide) groups is 1. The zero-order chi connectivity index (χ0) is 13.1. The lowest BCUT2D eigenvalue weighted by Gasteiger charge is -2.31. The van der Waals surface area contributed by atoms with Gasteiger partial charge in [-0.25, -0.2) is 4.39 Å². The van der Waals surface area contributed by atoms with Gasteiger partial charge >= 0.3 is 7.12 Å². The van der Waals surface area contributed by atoms with Crippen LogP contribution in [0.15, 0.2) is 18.2 Å². The SMILES string of the molecule is CC1CN(Cc2ccc(F)cc2B(O)O)CCS1. The predicted octanol–water partition coefficient (Wildman–Crippen LogP) is 0.443. The number of hydrogen-bond donors (Lipinski definition) is 2. The summed E-state index contributed by atoms with van der Waals surface area (Å²) in [7, 11) is -1.62. The molecule has 3 nitrogen and oxygen atoms in total. The molecule has 1 fully saturated rings. The molecule has 98 valence electrons. The van der Waals surface area contributed by atoms with Crippen molar-refractivity contribution in [3.8, 4) is 0 Å². The fourth-order valence-corrected chi connectivity index (χ4v) is 3.31. The van der Waals surface area contributed by atoms with Crippen LogP contribution in [-0.4, -0.2) is 46.2 Å². The molecule has 0 saturated carbocycles. The first kappa shape index (κ1) is 13.9. The first-order valence-electron chi connectivity index (χ1n) is 6.04. The summed E-state index contributed by atoms with van der Waals surface area (Å²) in [6.07, 6.45) is 0. The molecule has 18 heavy (non-hydrogen) atoms. The van der Waals surface area contributed by atoms with Gasteiger partial charge < -0.3 is 10.0 Å². The van der Waals surface area contributed by atoms with Crippen LogP contribution in [0.5, 0.6) is 0 Å². The normalized spacial score (nSPS) is 21.0. The molecule has 2 rings (SSSR count). The van der Waals surface area contributed by atoms with E-state index in [9.17, 15) is 14.4 Å². The summed E-state index contributed by atoms with van der Waals surface area (Å²) in [6, 6.07) is 4.20. The highest BCUT2D eigenvalue weighted by atomic mass is 32.2. The first-order valence-corrected chi connectivity index (χ1v) is 7.09. The third-order valence-corrected chi connectivity index (χ3v) is 4.24. The van der Waals surface area contributed by atoms with E-state index < -0.39 is 12.9 Å². The van der Waals surface area contributed by atoms with Crippen molar-refractivity contribution in [3.63, 3.8) is 0 Å². The van der Waals surface area contributed by atoms with Crippen molar-refractivity contribution in [2.24, 2.45) is 0 Å². The number of halogens is 1. The molecule has 1 aliphatic heterocycles. The molecule has 0 radical (unpaired) electrons. The van der Waals surface area contributed by atoms with Crippen molar-refractivity contribution in [3.05, 3.63) is 29.6 Å². The highest BCUT2D eigenvalue weighted by molar-refractivity contribution is 7.99. The molecule has 1 aromatic rings. The minimum Gasteiger partial charge on any atom is -0.423 e. The third kappa shape index (κ3) is 3.48. The molecule has 0 aliphatic carbocycles. The van der Waals surface area contributed by atoms with Crippen molar-refractivity contribution in [1.82, 2.24) is 4.90 Å². The van der Waals surface area contributed by atoms with Crippen LogP contribution in [0.4, 0.5) is 4.39 Å². The Morgan fingerprint density at radius 1 is 1.50 bits per heavy atom. The minimum atomic E-state index is -1.62. The molecule has 1 aliphatic rings. The summed E-state index contributed by atoms with van der Waals surface area (Å²) in [5, 5.41) is 19.1. The molecule has 0 spiro atoms. The Labute approximate surface area is 111 Å². The van der Waals surface area contributed by atoms with Crippen LogP contribution in [0.25, 0.3) is 0 Å². The van der Waals surface area contributed by atoms with Crippen LogP contribution >= 0.6 is 11.8 Å².